The molecular weight excluding hydrogens is 268 g/mol. The molecule has 2 heterocycles. The molecule has 1 amide bonds. The van der Waals surface area contributed by atoms with Crippen molar-refractivity contribution in [2.24, 2.45) is 5.92 Å². The van der Waals surface area contributed by atoms with E-state index in [4.69, 9.17) is 9.52 Å². The van der Waals surface area contributed by atoms with Crippen LogP contribution in [0.3, 0.4) is 0 Å². The summed E-state index contributed by atoms with van der Waals surface area (Å²) in [5.41, 5.74) is 1.08. The van der Waals surface area contributed by atoms with E-state index in [2.05, 4.69) is 10.3 Å². The Hall–Kier alpha value is -2.15. The number of carbonyl (C=O) groups is 2. The van der Waals surface area contributed by atoms with Gasteiger partial charge in [-0.3, -0.25) is 9.59 Å². The average Bonchev–Trinajstić information content (AvgIpc) is 3.04. The van der Waals surface area contributed by atoms with Crippen LogP contribution < -0.4 is 5.32 Å². The Bertz CT molecular complexity index is 576. The van der Waals surface area contributed by atoms with E-state index in [-0.39, 0.29) is 18.1 Å². The highest BCUT2D eigenvalue weighted by Crippen LogP contribution is 2.23. The van der Waals surface area contributed by atoms with Crippen LogP contribution in [0.4, 0.5) is 0 Å². The lowest BCUT2D eigenvalue weighted by molar-refractivity contribution is -0.140. The van der Waals surface area contributed by atoms with Crippen molar-refractivity contribution in [3.8, 4) is 10.6 Å². The molecule has 0 saturated heterocycles. The van der Waals surface area contributed by atoms with Gasteiger partial charge in [0, 0.05) is 17.5 Å². The zero-order valence-electron chi connectivity index (χ0n) is 10.1. The fourth-order valence-electron chi connectivity index (χ4n) is 1.32. The molecule has 19 heavy (non-hydrogen) atoms. The Labute approximate surface area is 113 Å². The van der Waals surface area contributed by atoms with Crippen molar-refractivity contribution < 1.29 is 19.1 Å². The number of carboxylic acid groups (broad SMARTS) is 1. The van der Waals surface area contributed by atoms with Crippen molar-refractivity contribution in [1.29, 1.82) is 0 Å². The third kappa shape index (κ3) is 3.19. The molecule has 7 heteroatoms. The number of thiazole rings is 1. The van der Waals surface area contributed by atoms with Gasteiger partial charge in [-0.2, -0.15) is 0 Å². The van der Waals surface area contributed by atoms with Gasteiger partial charge in [0.2, 0.25) is 0 Å². The van der Waals surface area contributed by atoms with Crippen molar-refractivity contribution >= 4 is 23.2 Å². The topological polar surface area (TPSA) is 92.4 Å². The third-order valence-electron chi connectivity index (χ3n) is 2.50. The lowest BCUT2D eigenvalue weighted by Gasteiger charge is -2.06. The predicted molar refractivity (Wildman–Crippen MR) is 68.9 cm³/mol. The summed E-state index contributed by atoms with van der Waals surface area (Å²) < 4.78 is 4.94. The maximum Gasteiger partial charge on any atom is 0.308 e. The van der Waals surface area contributed by atoms with Crippen LogP contribution >= 0.6 is 11.3 Å². The van der Waals surface area contributed by atoms with Crippen LogP contribution in [0.2, 0.25) is 0 Å². The minimum atomic E-state index is -0.947. The maximum absolute atomic E-state index is 11.8. The van der Waals surface area contributed by atoms with E-state index in [1.807, 2.05) is 0 Å². The zero-order chi connectivity index (χ0) is 13.8. The molecule has 0 aromatic carbocycles. The number of hydrogen-bond donors (Lipinski definition) is 2. The van der Waals surface area contributed by atoms with E-state index in [1.165, 1.54) is 24.5 Å². The Kier molecular flexibility index (Phi) is 3.96. The lowest BCUT2D eigenvalue weighted by Crippen LogP contribution is -2.31. The van der Waals surface area contributed by atoms with Crippen LogP contribution in [0.15, 0.2) is 28.4 Å². The molecule has 0 unspecified atom stereocenters. The lowest BCUT2D eigenvalue weighted by atomic mass is 10.2. The Balaban J connectivity index is 1.99. The molecule has 2 aromatic heterocycles. The first-order chi connectivity index (χ1) is 9.08. The van der Waals surface area contributed by atoms with Crippen LogP contribution in [-0.4, -0.2) is 28.5 Å². The molecule has 0 aliphatic rings. The van der Waals surface area contributed by atoms with Gasteiger partial charge in [-0.1, -0.05) is 6.92 Å². The fourth-order valence-corrected chi connectivity index (χ4v) is 2.11. The SMILES string of the molecule is C[C@H](CNC(=O)c1csc(-c2ccoc2)n1)C(=O)O. The molecule has 0 aliphatic carbocycles. The van der Waals surface area contributed by atoms with Gasteiger partial charge >= 0.3 is 5.97 Å². The number of rotatable bonds is 5. The standard InChI is InChI=1S/C12H12N2O4S/c1-7(12(16)17)4-13-10(15)9-6-19-11(14-9)8-2-3-18-5-8/h2-3,5-7H,4H2,1H3,(H,13,15)(H,16,17)/t7-/m1/s1. The van der Waals surface area contributed by atoms with Crippen LogP contribution in [-0.2, 0) is 4.79 Å². The van der Waals surface area contributed by atoms with E-state index in [9.17, 15) is 9.59 Å². The monoisotopic (exact) mass is 280 g/mol. The minimum absolute atomic E-state index is 0.0761. The van der Waals surface area contributed by atoms with Gasteiger partial charge in [0.25, 0.3) is 5.91 Å². The summed E-state index contributed by atoms with van der Waals surface area (Å²) in [6, 6.07) is 1.76. The summed E-state index contributed by atoms with van der Waals surface area (Å²) >= 11 is 1.33. The molecule has 0 fully saturated rings. The van der Waals surface area contributed by atoms with Crippen molar-refractivity contribution in [2.45, 2.75) is 6.92 Å². The smallest absolute Gasteiger partial charge is 0.308 e. The first-order valence-electron chi connectivity index (χ1n) is 5.57. The molecule has 0 bridgehead atoms. The number of carboxylic acids is 1. The average molecular weight is 280 g/mol. The fraction of sp³-hybridized carbons (Fsp3) is 0.250. The van der Waals surface area contributed by atoms with Crippen LogP contribution in [0.1, 0.15) is 17.4 Å². The second-order valence-electron chi connectivity index (χ2n) is 4.00. The molecule has 0 aliphatic heterocycles. The molecular formula is C12H12N2O4S. The maximum atomic E-state index is 11.8. The molecule has 100 valence electrons. The Morgan fingerprint density at radius 2 is 2.37 bits per heavy atom. The van der Waals surface area contributed by atoms with Crippen molar-refractivity contribution in [2.75, 3.05) is 6.54 Å². The zero-order valence-corrected chi connectivity index (χ0v) is 10.9. The van der Waals surface area contributed by atoms with Crippen molar-refractivity contribution in [3.05, 3.63) is 29.7 Å². The van der Waals surface area contributed by atoms with Crippen molar-refractivity contribution in [1.82, 2.24) is 10.3 Å². The van der Waals surface area contributed by atoms with Crippen LogP contribution in [0.5, 0.6) is 0 Å². The molecule has 1 atom stereocenters. The molecule has 0 spiro atoms. The van der Waals surface area contributed by atoms with E-state index in [1.54, 1.807) is 17.7 Å². The molecule has 2 rings (SSSR count). The predicted octanol–water partition coefficient (Wildman–Crippen LogP) is 1.85. The van der Waals surface area contributed by atoms with E-state index < -0.39 is 11.9 Å². The quantitative estimate of drug-likeness (QED) is 0.872. The Morgan fingerprint density at radius 1 is 1.58 bits per heavy atom. The summed E-state index contributed by atoms with van der Waals surface area (Å²) in [7, 11) is 0. The normalized spacial score (nSPS) is 12.1. The number of nitrogens with zero attached hydrogens (tertiary/aromatic N) is 1. The number of hydrogen-bond acceptors (Lipinski definition) is 5. The summed E-state index contributed by atoms with van der Waals surface area (Å²) in [6.45, 7) is 1.60. The number of nitrogens with one attached hydrogen (secondary N) is 1. The van der Waals surface area contributed by atoms with Gasteiger partial charge in [0.15, 0.2) is 0 Å². The van der Waals surface area contributed by atoms with E-state index >= 15 is 0 Å². The van der Waals surface area contributed by atoms with Crippen molar-refractivity contribution in [3.63, 3.8) is 0 Å². The number of aliphatic carboxylic acids is 1. The number of amides is 1. The summed E-state index contributed by atoms with van der Waals surface area (Å²) in [5.74, 6) is -1.95. The highest BCUT2D eigenvalue weighted by molar-refractivity contribution is 7.13. The second-order valence-corrected chi connectivity index (χ2v) is 4.86. The molecule has 0 saturated carbocycles. The number of furan rings is 1. The van der Waals surface area contributed by atoms with Crippen LogP contribution in [0.25, 0.3) is 10.6 Å². The number of carbonyl (C=O) groups excluding carboxylic acids is 1. The molecule has 2 aromatic rings. The first kappa shape index (κ1) is 13.3. The first-order valence-corrected chi connectivity index (χ1v) is 6.45. The van der Waals surface area contributed by atoms with E-state index in [0.717, 1.165) is 5.56 Å². The third-order valence-corrected chi connectivity index (χ3v) is 3.39. The highest BCUT2D eigenvalue weighted by Gasteiger charge is 2.15. The summed E-state index contributed by atoms with van der Waals surface area (Å²) in [5, 5.41) is 13.6. The summed E-state index contributed by atoms with van der Waals surface area (Å²) in [6.07, 6.45) is 3.08. The van der Waals surface area contributed by atoms with E-state index in [0.29, 0.717) is 5.01 Å². The van der Waals surface area contributed by atoms with Gasteiger partial charge in [-0.05, 0) is 6.07 Å². The molecule has 6 nitrogen and oxygen atoms in total. The summed E-state index contributed by atoms with van der Waals surface area (Å²) in [4.78, 5) is 26.6. The Morgan fingerprint density at radius 3 is 3.00 bits per heavy atom. The van der Waals surface area contributed by atoms with Gasteiger partial charge in [0.05, 0.1) is 12.2 Å². The highest BCUT2D eigenvalue weighted by atomic mass is 32.1. The number of aromatic nitrogens is 1. The second kappa shape index (κ2) is 5.66. The van der Waals surface area contributed by atoms with Gasteiger partial charge in [-0.15, -0.1) is 11.3 Å². The van der Waals surface area contributed by atoms with Gasteiger partial charge in [-0.25, -0.2) is 4.98 Å². The largest absolute Gasteiger partial charge is 0.481 e. The van der Waals surface area contributed by atoms with Gasteiger partial charge in [0.1, 0.15) is 17.0 Å². The van der Waals surface area contributed by atoms with Crippen LogP contribution in [0, 0.1) is 5.92 Å². The molecule has 0 radical (unpaired) electrons. The molecule has 2 N–H and O–H groups in total. The minimum Gasteiger partial charge on any atom is -0.481 e. The van der Waals surface area contributed by atoms with Gasteiger partial charge < -0.3 is 14.8 Å².